The van der Waals surface area contributed by atoms with E-state index in [0.717, 1.165) is 5.56 Å². The number of carbonyl (C=O) groups is 3. The normalized spacial score (nSPS) is 12.1. The fourth-order valence-electron chi connectivity index (χ4n) is 3.63. The van der Waals surface area contributed by atoms with Gasteiger partial charge in [-0.15, -0.1) is 5.10 Å². The third kappa shape index (κ3) is 8.17. The zero-order valence-electron chi connectivity index (χ0n) is 21.6. The summed E-state index contributed by atoms with van der Waals surface area (Å²) < 4.78 is 33.7. The second kappa shape index (κ2) is 13.1. The molecule has 2 aromatic carbocycles. The van der Waals surface area contributed by atoms with Crippen LogP contribution in [0.4, 0.5) is 5.69 Å². The smallest absolute Gasteiger partial charge is 0.337 e. The van der Waals surface area contributed by atoms with Crippen molar-refractivity contribution in [1.82, 2.24) is 25.2 Å². The molecule has 0 bridgehead atoms. The number of amides is 2. The number of carbonyl (C=O) groups excluding carboxylic acids is 3. The highest BCUT2D eigenvalue weighted by molar-refractivity contribution is 7.89. The van der Waals surface area contributed by atoms with Gasteiger partial charge in [0.15, 0.2) is 0 Å². The lowest BCUT2D eigenvalue weighted by atomic mass is 9.95. The van der Waals surface area contributed by atoms with Gasteiger partial charge in [0, 0.05) is 5.69 Å². The molecule has 3 aromatic rings. The number of ether oxygens (including phenoxy) is 1. The van der Waals surface area contributed by atoms with Crippen molar-refractivity contribution in [3.8, 4) is 0 Å². The van der Waals surface area contributed by atoms with E-state index in [4.69, 9.17) is 5.21 Å². The van der Waals surface area contributed by atoms with E-state index in [1.807, 2.05) is 13.8 Å². The van der Waals surface area contributed by atoms with Gasteiger partial charge in [0.1, 0.15) is 5.92 Å². The van der Waals surface area contributed by atoms with Crippen LogP contribution < -0.4 is 15.5 Å². The molecule has 0 fully saturated rings. The van der Waals surface area contributed by atoms with Gasteiger partial charge < -0.3 is 10.1 Å². The average Bonchev–Trinajstić information content (AvgIpc) is 3.38. The number of nitrogens with zero attached hydrogens (tertiary/aromatic N) is 3. The first-order valence-electron chi connectivity index (χ1n) is 11.9. The summed E-state index contributed by atoms with van der Waals surface area (Å²) in [5.41, 5.74) is 3.49. The molecule has 1 heterocycles. The molecule has 13 nitrogen and oxygen atoms in total. The summed E-state index contributed by atoms with van der Waals surface area (Å²) in [6.07, 6.45) is 1.88. The number of hydrogen-bond acceptors (Lipinski definition) is 9. The summed E-state index contributed by atoms with van der Waals surface area (Å²) in [5.74, 6) is -2.81. The van der Waals surface area contributed by atoms with E-state index >= 15 is 0 Å². The molecule has 1 unspecified atom stereocenters. The summed E-state index contributed by atoms with van der Waals surface area (Å²) in [6.45, 7) is 3.99. The number of hydroxylamine groups is 1. The van der Waals surface area contributed by atoms with E-state index < -0.39 is 33.7 Å². The Labute approximate surface area is 225 Å². The van der Waals surface area contributed by atoms with Crippen molar-refractivity contribution in [3.05, 3.63) is 71.5 Å². The van der Waals surface area contributed by atoms with Gasteiger partial charge in [0.05, 0.1) is 42.5 Å². The van der Waals surface area contributed by atoms with Crippen LogP contribution in [0.25, 0.3) is 0 Å². The van der Waals surface area contributed by atoms with E-state index in [0.29, 0.717) is 17.9 Å². The van der Waals surface area contributed by atoms with E-state index in [2.05, 4.69) is 25.1 Å². The minimum Gasteiger partial charge on any atom is -0.465 e. The first-order chi connectivity index (χ1) is 18.5. The van der Waals surface area contributed by atoms with Gasteiger partial charge in [-0.05, 0) is 54.3 Å². The van der Waals surface area contributed by atoms with Crippen molar-refractivity contribution in [3.63, 3.8) is 0 Å². The van der Waals surface area contributed by atoms with E-state index in [1.54, 1.807) is 35.9 Å². The van der Waals surface area contributed by atoms with Gasteiger partial charge in [0.2, 0.25) is 15.9 Å². The molecule has 208 valence electrons. The van der Waals surface area contributed by atoms with Crippen molar-refractivity contribution in [2.45, 2.75) is 38.3 Å². The van der Waals surface area contributed by atoms with Crippen LogP contribution in [0.1, 0.15) is 41.9 Å². The second-order valence-electron chi connectivity index (χ2n) is 9.09. The summed E-state index contributed by atoms with van der Waals surface area (Å²) in [7, 11) is -2.61. The Morgan fingerprint density at radius 2 is 1.69 bits per heavy atom. The summed E-state index contributed by atoms with van der Waals surface area (Å²) in [5, 5.41) is 19.6. The number of methoxy groups -OCH3 is 1. The number of benzene rings is 2. The van der Waals surface area contributed by atoms with Crippen molar-refractivity contribution >= 4 is 33.5 Å². The number of rotatable bonds is 12. The largest absolute Gasteiger partial charge is 0.465 e. The number of esters is 1. The molecule has 1 aromatic heterocycles. The maximum atomic E-state index is 12.6. The molecular formula is C25H30N6O7S. The van der Waals surface area contributed by atoms with Gasteiger partial charge in [-0.25, -0.2) is 28.1 Å². The minimum absolute atomic E-state index is 0.0118. The zero-order chi connectivity index (χ0) is 28.6. The predicted molar refractivity (Wildman–Crippen MR) is 139 cm³/mol. The van der Waals surface area contributed by atoms with Gasteiger partial charge in [-0.2, -0.15) is 0 Å². The standard InChI is InChI=1S/C25H30N6O7S/c1-16(2)12-22(24(33)29-35)23(32)27-19-8-4-17(5-9-19)14-31-15-20(28-30-31)13-26-39(36,37)21-10-6-18(7-11-21)25(34)38-3/h4-11,15-16,22,26,35H,12-14H2,1-3H3,(H,27,32)(H,29,33). The topological polar surface area (TPSA) is 182 Å². The first-order valence-corrected chi connectivity index (χ1v) is 13.4. The number of aromatic nitrogens is 3. The Morgan fingerprint density at radius 3 is 2.28 bits per heavy atom. The molecule has 39 heavy (non-hydrogen) atoms. The van der Waals surface area contributed by atoms with Crippen LogP contribution in [-0.2, 0) is 37.4 Å². The molecule has 0 radical (unpaired) electrons. The van der Waals surface area contributed by atoms with Gasteiger partial charge in [0.25, 0.3) is 5.91 Å². The molecule has 0 aliphatic carbocycles. The van der Waals surface area contributed by atoms with Crippen LogP contribution in [0.3, 0.4) is 0 Å². The highest BCUT2D eigenvalue weighted by Crippen LogP contribution is 2.17. The van der Waals surface area contributed by atoms with Crippen molar-refractivity contribution < 1.29 is 32.7 Å². The number of nitrogens with one attached hydrogen (secondary N) is 3. The molecule has 3 rings (SSSR count). The average molecular weight is 559 g/mol. The maximum Gasteiger partial charge on any atom is 0.337 e. The van der Waals surface area contributed by atoms with E-state index in [1.165, 1.54) is 36.1 Å². The van der Waals surface area contributed by atoms with Crippen LogP contribution >= 0.6 is 0 Å². The molecule has 0 spiro atoms. The van der Waals surface area contributed by atoms with Gasteiger partial charge in [-0.3, -0.25) is 14.8 Å². The number of anilines is 1. The van der Waals surface area contributed by atoms with Crippen LogP contribution in [-0.4, -0.2) is 53.5 Å². The Kier molecular flexibility index (Phi) is 9.87. The monoisotopic (exact) mass is 558 g/mol. The Hall–Kier alpha value is -4.14. The Balaban J connectivity index is 1.56. The molecule has 4 N–H and O–H groups in total. The lowest BCUT2D eigenvalue weighted by Crippen LogP contribution is -2.37. The third-order valence-electron chi connectivity index (χ3n) is 5.63. The summed E-state index contributed by atoms with van der Waals surface area (Å²) >= 11 is 0. The van der Waals surface area contributed by atoms with Crippen LogP contribution in [0, 0.1) is 11.8 Å². The fourth-order valence-corrected chi connectivity index (χ4v) is 4.63. The highest BCUT2D eigenvalue weighted by atomic mass is 32.2. The maximum absolute atomic E-state index is 12.6. The summed E-state index contributed by atoms with van der Waals surface area (Å²) in [4.78, 5) is 35.9. The predicted octanol–water partition coefficient (Wildman–Crippen LogP) is 1.70. The zero-order valence-corrected chi connectivity index (χ0v) is 22.4. The van der Waals surface area contributed by atoms with Crippen molar-refractivity contribution in [1.29, 1.82) is 0 Å². The second-order valence-corrected chi connectivity index (χ2v) is 10.9. The molecule has 0 aliphatic heterocycles. The van der Waals surface area contributed by atoms with E-state index in [-0.39, 0.29) is 29.3 Å². The van der Waals surface area contributed by atoms with Crippen molar-refractivity contribution in [2.75, 3.05) is 12.4 Å². The fraction of sp³-hybridized carbons (Fsp3) is 0.320. The lowest BCUT2D eigenvalue weighted by molar-refractivity contribution is -0.139. The Bertz CT molecular complexity index is 1400. The van der Waals surface area contributed by atoms with Crippen molar-refractivity contribution in [2.24, 2.45) is 11.8 Å². The molecule has 1 atom stereocenters. The molecule has 2 amide bonds. The number of hydrogen-bond donors (Lipinski definition) is 4. The van der Waals surface area contributed by atoms with Crippen LogP contribution in [0.5, 0.6) is 0 Å². The summed E-state index contributed by atoms with van der Waals surface area (Å²) in [6, 6.07) is 12.2. The third-order valence-corrected chi connectivity index (χ3v) is 7.05. The number of sulfonamides is 1. The quantitative estimate of drug-likeness (QED) is 0.111. The minimum atomic E-state index is -3.84. The Morgan fingerprint density at radius 1 is 1.03 bits per heavy atom. The first kappa shape index (κ1) is 29.4. The molecule has 0 aliphatic rings. The lowest BCUT2D eigenvalue weighted by Gasteiger charge is -2.17. The van der Waals surface area contributed by atoms with Gasteiger partial charge >= 0.3 is 5.97 Å². The van der Waals surface area contributed by atoms with Gasteiger partial charge in [-0.1, -0.05) is 31.2 Å². The highest BCUT2D eigenvalue weighted by Gasteiger charge is 2.27. The van der Waals surface area contributed by atoms with E-state index in [9.17, 15) is 22.8 Å². The molecule has 0 saturated carbocycles. The SMILES string of the molecule is COC(=O)c1ccc(S(=O)(=O)NCc2cn(Cc3ccc(NC(=O)C(CC(C)C)C(=O)NO)cc3)nn2)cc1. The molecule has 0 saturated heterocycles. The molecular weight excluding hydrogens is 528 g/mol. The molecule has 14 heteroatoms. The van der Waals surface area contributed by atoms with Crippen LogP contribution in [0.2, 0.25) is 0 Å². The van der Waals surface area contributed by atoms with Crippen LogP contribution in [0.15, 0.2) is 59.6 Å².